The molecule has 1 unspecified atom stereocenters. The molecule has 0 bridgehead atoms. The minimum absolute atomic E-state index is 0.0517. The van der Waals surface area contributed by atoms with Gasteiger partial charge in [0.1, 0.15) is 6.10 Å². The first-order valence-electron chi connectivity index (χ1n) is 4.09. The Bertz CT molecular complexity index is 158. The topological polar surface area (TPSA) is 72.6 Å². The first-order valence-corrected chi connectivity index (χ1v) is 4.09. The lowest BCUT2D eigenvalue weighted by Crippen LogP contribution is -2.37. The number of carbonyl (C=O) groups excluding carboxylic acids is 1. The molecule has 0 aromatic carbocycles. The minimum Gasteiger partial charge on any atom is -0.396 e. The number of aliphatic hydroxyl groups excluding tert-OH is 1. The zero-order valence-corrected chi connectivity index (χ0v) is 6.90. The first-order chi connectivity index (χ1) is 5.74. The van der Waals surface area contributed by atoms with Crippen LogP contribution >= 0.6 is 0 Å². The fourth-order valence-electron chi connectivity index (χ4n) is 1.38. The Balaban J connectivity index is 2.35. The van der Waals surface area contributed by atoms with E-state index in [4.69, 9.17) is 15.6 Å². The molecular weight excluding hydrogens is 158 g/mol. The van der Waals surface area contributed by atoms with Crippen molar-refractivity contribution in [1.82, 2.24) is 0 Å². The lowest BCUT2D eigenvalue weighted by atomic mass is 9.92. The van der Waals surface area contributed by atoms with Gasteiger partial charge >= 0.3 is 0 Å². The van der Waals surface area contributed by atoms with E-state index in [1.807, 2.05) is 0 Å². The third-order valence-electron chi connectivity index (χ3n) is 2.08. The lowest BCUT2D eigenvalue weighted by Gasteiger charge is -2.26. The van der Waals surface area contributed by atoms with Gasteiger partial charge in [-0.15, -0.1) is 0 Å². The normalized spacial score (nSPS) is 30.1. The molecule has 1 aliphatic rings. The Morgan fingerprint density at radius 3 is 3.08 bits per heavy atom. The van der Waals surface area contributed by atoms with Crippen molar-refractivity contribution in [2.24, 2.45) is 11.7 Å². The number of hydrogen-bond acceptors (Lipinski definition) is 3. The van der Waals surface area contributed by atoms with Crippen molar-refractivity contribution < 1.29 is 14.6 Å². The van der Waals surface area contributed by atoms with Crippen molar-refractivity contribution >= 4 is 5.91 Å². The summed E-state index contributed by atoms with van der Waals surface area (Å²) in [5, 5.41) is 8.63. The van der Waals surface area contributed by atoms with Crippen molar-refractivity contribution in [3.8, 4) is 0 Å². The molecule has 12 heavy (non-hydrogen) atoms. The molecule has 4 heteroatoms. The largest absolute Gasteiger partial charge is 0.396 e. The van der Waals surface area contributed by atoms with Crippen LogP contribution in [0.1, 0.15) is 12.8 Å². The summed E-state index contributed by atoms with van der Waals surface area (Å²) in [4.78, 5) is 10.7. The number of rotatable bonds is 3. The first kappa shape index (κ1) is 9.48. The summed E-state index contributed by atoms with van der Waals surface area (Å²) in [7, 11) is 0. The maximum Gasteiger partial charge on any atom is 0.246 e. The van der Waals surface area contributed by atoms with Crippen molar-refractivity contribution in [3.05, 3.63) is 6.42 Å². The van der Waals surface area contributed by atoms with Crippen LogP contribution in [0, 0.1) is 12.3 Å². The molecule has 4 nitrogen and oxygen atoms in total. The van der Waals surface area contributed by atoms with E-state index in [0.717, 1.165) is 6.42 Å². The molecule has 0 aromatic rings. The fourth-order valence-corrected chi connectivity index (χ4v) is 1.38. The summed E-state index contributed by atoms with van der Waals surface area (Å²) in [6.07, 6.45) is 2.80. The average molecular weight is 172 g/mol. The van der Waals surface area contributed by atoms with E-state index in [1.165, 1.54) is 0 Å². The number of carbonyl (C=O) groups is 1. The van der Waals surface area contributed by atoms with Gasteiger partial charge in [-0.2, -0.15) is 0 Å². The quantitative estimate of drug-likeness (QED) is 0.600. The van der Waals surface area contributed by atoms with Crippen LogP contribution in [0.2, 0.25) is 0 Å². The van der Waals surface area contributed by atoms with Crippen LogP contribution in [0.5, 0.6) is 0 Å². The van der Waals surface area contributed by atoms with Gasteiger partial charge in [-0.3, -0.25) is 4.79 Å². The molecule has 1 aliphatic heterocycles. The number of amides is 1. The van der Waals surface area contributed by atoms with E-state index >= 15 is 0 Å². The summed E-state index contributed by atoms with van der Waals surface area (Å²) < 4.78 is 5.14. The van der Waals surface area contributed by atoms with Crippen LogP contribution in [0.25, 0.3) is 0 Å². The van der Waals surface area contributed by atoms with Gasteiger partial charge < -0.3 is 15.6 Å². The standard InChI is InChI=1S/C8H14NO3/c9-8(11)7-5-6(1-3-10)2-4-12-7/h1,6-7,10H,2-5H2,(H2,9,11)/t6?,7-/m0/s1. The smallest absolute Gasteiger partial charge is 0.246 e. The highest BCUT2D eigenvalue weighted by Crippen LogP contribution is 2.21. The van der Waals surface area contributed by atoms with Gasteiger partial charge in [-0.25, -0.2) is 0 Å². The van der Waals surface area contributed by atoms with Crippen molar-refractivity contribution in [3.63, 3.8) is 0 Å². The Labute approximate surface area is 71.7 Å². The molecule has 0 aliphatic carbocycles. The molecule has 1 amide bonds. The van der Waals surface area contributed by atoms with Crippen LogP contribution in [0.4, 0.5) is 0 Å². The predicted octanol–water partition coefficient (Wildman–Crippen LogP) is -0.537. The number of primary amides is 1. The molecule has 3 N–H and O–H groups in total. The van der Waals surface area contributed by atoms with Gasteiger partial charge in [0.15, 0.2) is 0 Å². The highest BCUT2D eigenvalue weighted by atomic mass is 16.5. The van der Waals surface area contributed by atoms with E-state index in [0.29, 0.717) is 13.0 Å². The summed E-state index contributed by atoms with van der Waals surface area (Å²) in [6, 6.07) is 0. The molecule has 0 saturated carbocycles. The van der Waals surface area contributed by atoms with Crippen molar-refractivity contribution in [1.29, 1.82) is 0 Å². The summed E-state index contributed by atoms with van der Waals surface area (Å²) >= 11 is 0. The van der Waals surface area contributed by atoms with Crippen molar-refractivity contribution in [2.45, 2.75) is 18.9 Å². The third kappa shape index (κ3) is 2.46. The monoisotopic (exact) mass is 172 g/mol. The van der Waals surface area contributed by atoms with Gasteiger partial charge in [0.25, 0.3) is 0 Å². The van der Waals surface area contributed by atoms with E-state index in [2.05, 4.69) is 0 Å². The van der Waals surface area contributed by atoms with E-state index in [-0.39, 0.29) is 12.5 Å². The number of hydrogen-bond donors (Lipinski definition) is 2. The third-order valence-corrected chi connectivity index (χ3v) is 2.08. The molecule has 1 saturated heterocycles. The Morgan fingerprint density at radius 1 is 1.75 bits per heavy atom. The molecule has 1 radical (unpaired) electrons. The van der Waals surface area contributed by atoms with E-state index in [9.17, 15) is 4.79 Å². The molecule has 69 valence electrons. The number of nitrogens with two attached hydrogens (primary N) is 1. The van der Waals surface area contributed by atoms with E-state index in [1.54, 1.807) is 6.42 Å². The second-order valence-corrected chi connectivity index (χ2v) is 2.96. The lowest BCUT2D eigenvalue weighted by molar-refractivity contribution is -0.133. The molecule has 2 atom stereocenters. The van der Waals surface area contributed by atoms with Crippen LogP contribution in [0.15, 0.2) is 0 Å². The zero-order valence-electron chi connectivity index (χ0n) is 6.90. The molecular formula is C8H14NO3. The molecule has 1 heterocycles. The highest BCUT2D eigenvalue weighted by Gasteiger charge is 2.25. The van der Waals surface area contributed by atoms with Crippen LogP contribution in [-0.4, -0.2) is 30.3 Å². The second-order valence-electron chi connectivity index (χ2n) is 2.96. The summed E-state index contributed by atoms with van der Waals surface area (Å²) in [5.41, 5.74) is 5.09. The fraction of sp³-hybridized carbons (Fsp3) is 0.750. The highest BCUT2D eigenvalue weighted by molar-refractivity contribution is 5.78. The average Bonchev–Trinajstić information content (AvgIpc) is 2.05. The van der Waals surface area contributed by atoms with Gasteiger partial charge in [0.05, 0.1) is 0 Å². The predicted molar refractivity (Wildman–Crippen MR) is 43.0 cm³/mol. The Kier molecular flexibility index (Phi) is 3.49. The van der Waals surface area contributed by atoms with Gasteiger partial charge in [0.2, 0.25) is 5.91 Å². The molecule has 1 rings (SSSR count). The summed E-state index contributed by atoms with van der Waals surface area (Å²) in [6.45, 7) is 0.602. The van der Waals surface area contributed by atoms with Gasteiger partial charge in [-0.05, 0) is 25.2 Å². The molecule has 0 aromatic heterocycles. The maximum atomic E-state index is 10.7. The SMILES string of the molecule is NC(=O)[C@@H]1CC([CH]CO)CCO1. The Hall–Kier alpha value is -0.610. The number of ether oxygens (including phenoxy) is 1. The van der Waals surface area contributed by atoms with Gasteiger partial charge in [-0.1, -0.05) is 0 Å². The second kappa shape index (κ2) is 4.42. The van der Waals surface area contributed by atoms with E-state index < -0.39 is 12.0 Å². The number of aliphatic hydroxyl groups is 1. The van der Waals surface area contributed by atoms with Crippen molar-refractivity contribution in [2.75, 3.05) is 13.2 Å². The molecule has 0 spiro atoms. The zero-order chi connectivity index (χ0) is 8.97. The maximum absolute atomic E-state index is 10.7. The van der Waals surface area contributed by atoms with Crippen LogP contribution < -0.4 is 5.73 Å². The van der Waals surface area contributed by atoms with Crippen LogP contribution in [0.3, 0.4) is 0 Å². The minimum atomic E-state index is -0.466. The molecule has 1 fully saturated rings. The van der Waals surface area contributed by atoms with Crippen LogP contribution in [-0.2, 0) is 9.53 Å². The Morgan fingerprint density at radius 2 is 2.50 bits per heavy atom. The summed E-state index contributed by atoms with van der Waals surface area (Å²) in [5.74, 6) is -0.146. The van der Waals surface area contributed by atoms with Gasteiger partial charge in [0, 0.05) is 13.2 Å².